The predicted molar refractivity (Wildman–Crippen MR) is 87.2 cm³/mol. The minimum Gasteiger partial charge on any atom is -0.302 e. The lowest BCUT2D eigenvalue weighted by Gasteiger charge is -2.26. The van der Waals surface area contributed by atoms with E-state index < -0.39 is 0 Å². The van der Waals surface area contributed by atoms with E-state index in [2.05, 4.69) is 28.1 Å². The lowest BCUT2D eigenvalue weighted by Crippen LogP contribution is -2.42. The van der Waals surface area contributed by atoms with E-state index in [0.29, 0.717) is 0 Å². The Balaban J connectivity index is 1.66. The summed E-state index contributed by atoms with van der Waals surface area (Å²) in [6.07, 6.45) is 7.27. The highest BCUT2D eigenvalue weighted by Gasteiger charge is 2.29. The van der Waals surface area contributed by atoms with Gasteiger partial charge in [-0.3, -0.25) is 10.2 Å². The van der Waals surface area contributed by atoms with Gasteiger partial charge in [0.15, 0.2) is 0 Å². The van der Waals surface area contributed by atoms with Gasteiger partial charge in [0.25, 0.3) is 0 Å². The molecule has 2 saturated heterocycles. The summed E-state index contributed by atoms with van der Waals surface area (Å²) in [6, 6.07) is 3.25. The van der Waals surface area contributed by atoms with Crippen molar-refractivity contribution in [3.05, 3.63) is 0 Å². The minimum atomic E-state index is -0.343. The smallest absolute Gasteiger partial charge is 0.103 e. The van der Waals surface area contributed by atoms with Crippen LogP contribution in [0.4, 0.5) is 0 Å². The van der Waals surface area contributed by atoms with Crippen molar-refractivity contribution in [2.75, 3.05) is 39.3 Å². The SMILES string of the molecule is CCCNC(C)(C#N)CCCN1CCC(N2CCCC2)C1. The average molecular weight is 292 g/mol. The third-order valence-electron chi connectivity index (χ3n) is 5.07. The van der Waals surface area contributed by atoms with E-state index in [-0.39, 0.29) is 5.54 Å². The van der Waals surface area contributed by atoms with Gasteiger partial charge in [0.2, 0.25) is 0 Å². The van der Waals surface area contributed by atoms with Crippen molar-refractivity contribution in [3.63, 3.8) is 0 Å². The van der Waals surface area contributed by atoms with E-state index in [1.165, 1.54) is 45.4 Å². The summed E-state index contributed by atoms with van der Waals surface area (Å²) < 4.78 is 0. The molecule has 0 aromatic heterocycles. The molecular formula is C17H32N4. The summed E-state index contributed by atoms with van der Waals surface area (Å²) in [5.74, 6) is 0. The normalized spacial score (nSPS) is 26.8. The zero-order chi connectivity index (χ0) is 15.1. The van der Waals surface area contributed by atoms with Crippen LogP contribution in [0.15, 0.2) is 0 Å². The fraction of sp³-hybridized carbons (Fsp3) is 0.941. The molecule has 4 nitrogen and oxygen atoms in total. The molecule has 120 valence electrons. The van der Waals surface area contributed by atoms with Crippen molar-refractivity contribution in [3.8, 4) is 6.07 Å². The average Bonchev–Trinajstić information content (AvgIpc) is 3.16. The van der Waals surface area contributed by atoms with E-state index in [4.69, 9.17) is 0 Å². The summed E-state index contributed by atoms with van der Waals surface area (Å²) in [5.41, 5.74) is -0.343. The van der Waals surface area contributed by atoms with Crippen LogP contribution in [-0.2, 0) is 0 Å². The van der Waals surface area contributed by atoms with Crippen molar-refractivity contribution in [1.82, 2.24) is 15.1 Å². The molecule has 2 rings (SSSR count). The first-order valence-electron chi connectivity index (χ1n) is 8.79. The maximum absolute atomic E-state index is 9.36. The zero-order valence-electron chi connectivity index (χ0n) is 13.9. The Morgan fingerprint density at radius 2 is 2.05 bits per heavy atom. The molecule has 2 unspecified atom stereocenters. The molecule has 4 heteroatoms. The molecule has 0 bridgehead atoms. The van der Waals surface area contributed by atoms with Gasteiger partial charge >= 0.3 is 0 Å². The lowest BCUT2D eigenvalue weighted by atomic mass is 9.97. The Kier molecular flexibility index (Phi) is 6.47. The molecule has 21 heavy (non-hydrogen) atoms. The van der Waals surface area contributed by atoms with Crippen molar-refractivity contribution < 1.29 is 0 Å². The predicted octanol–water partition coefficient (Wildman–Crippen LogP) is 2.22. The van der Waals surface area contributed by atoms with Crippen molar-refractivity contribution in [2.45, 2.75) is 64.0 Å². The summed E-state index contributed by atoms with van der Waals surface area (Å²) in [7, 11) is 0. The van der Waals surface area contributed by atoms with Gasteiger partial charge in [0.05, 0.1) is 6.07 Å². The van der Waals surface area contributed by atoms with Crippen molar-refractivity contribution in [1.29, 1.82) is 5.26 Å². The van der Waals surface area contributed by atoms with Crippen molar-refractivity contribution >= 4 is 0 Å². The number of likely N-dealkylation sites (tertiary alicyclic amines) is 2. The van der Waals surface area contributed by atoms with Crippen LogP contribution in [0.1, 0.15) is 52.4 Å². The van der Waals surface area contributed by atoms with E-state index in [1.807, 2.05) is 6.92 Å². The van der Waals surface area contributed by atoms with Crippen molar-refractivity contribution in [2.24, 2.45) is 0 Å². The second-order valence-corrected chi connectivity index (χ2v) is 6.96. The summed E-state index contributed by atoms with van der Waals surface area (Å²) in [5, 5.41) is 12.7. The van der Waals surface area contributed by atoms with Gasteiger partial charge in [0.1, 0.15) is 5.54 Å². The molecule has 2 heterocycles. The molecule has 0 aliphatic carbocycles. The molecule has 0 amide bonds. The standard InChI is InChI=1S/C17H32N4/c1-3-9-19-17(2,15-18)8-6-10-20-13-7-16(14-20)21-11-4-5-12-21/h16,19H,3-14H2,1-2H3. The van der Waals surface area contributed by atoms with Crippen LogP contribution >= 0.6 is 0 Å². The van der Waals surface area contributed by atoms with Crippen LogP contribution in [0.25, 0.3) is 0 Å². The van der Waals surface area contributed by atoms with E-state index in [9.17, 15) is 5.26 Å². The number of hydrogen-bond donors (Lipinski definition) is 1. The molecule has 0 saturated carbocycles. The number of nitrogens with one attached hydrogen (secondary N) is 1. The number of nitriles is 1. The zero-order valence-corrected chi connectivity index (χ0v) is 13.9. The van der Waals surface area contributed by atoms with E-state index in [0.717, 1.165) is 38.4 Å². The summed E-state index contributed by atoms with van der Waals surface area (Å²) in [6.45, 7) is 11.4. The van der Waals surface area contributed by atoms with Crippen LogP contribution in [0.5, 0.6) is 0 Å². The van der Waals surface area contributed by atoms with Crippen LogP contribution in [0, 0.1) is 11.3 Å². The number of nitrogens with zero attached hydrogens (tertiary/aromatic N) is 3. The van der Waals surface area contributed by atoms with Crippen LogP contribution in [0.3, 0.4) is 0 Å². The highest BCUT2D eigenvalue weighted by atomic mass is 15.3. The first kappa shape index (κ1) is 16.7. The fourth-order valence-electron chi connectivity index (χ4n) is 3.66. The maximum Gasteiger partial charge on any atom is 0.103 e. The summed E-state index contributed by atoms with van der Waals surface area (Å²) in [4.78, 5) is 5.28. The summed E-state index contributed by atoms with van der Waals surface area (Å²) >= 11 is 0. The first-order chi connectivity index (χ1) is 10.2. The van der Waals surface area contributed by atoms with Gasteiger partial charge in [-0.2, -0.15) is 5.26 Å². The van der Waals surface area contributed by atoms with Gasteiger partial charge < -0.3 is 4.90 Å². The molecule has 2 aliphatic rings. The second kappa shape index (κ2) is 8.12. The molecule has 0 spiro atoms. The largest absolute Gasteiger partial charge is 0.302 e. The molecule has 2 fully saturated rings. The molecule has 0 aromatic rings. The second-order valence-electron chi connectivity index (χ2n) is 6.96. The van der Waals surface area contributed by atoms with Gasteiger partial charge in [-0.15, -0.1) is 0 Å². The van der Waals surface area contributed by atoms with E-state index in [1.54, 1.807) is 0 Å². The lowest BCUT2D eigenvalue weighted by molar-refractivity contribution is 0.228. The quantitative estimate of drug-likeness (QED) is 0.745. The van der Waals surface area contributed by atoms with E-state index >= 15 is 0 Å². The Morgan fingerprint density at radius 3 is 2.71 bits per heavy atom. The highest BCUT2D eigenvalue weighted by molar-refractivity contribution is 5.03. The number of rotatable bonds is 8. The van der Waals surface area contributed by atoms with Gasteiger partial charge in [-0.05, 0) is 78.2 Å². The number of hydrogen-bond acceptors (Lipinski definition) is 4. The maximum atomic E-state index is 9.36. The van der Waals surface area contributed by atoms with Crippen LogP contribution in [0.2, 0.25) is 0 Å². The molecule has 0 radical (unpaired) electrons. The van der Waals surface area contributed by atoms with Crippen LogP contribution < -0.4 is 5.32 Å². The first-order valence-corrected chi connectivity index (χ1v) is 8.79. The molecular weight excluding hydrogens is 260 g/mol. The molecule has 2 aliphatic heterocycles. The van der Waals surface area contributed by atoms with Gasteiger partial charge in [0, 0.05) is 12.6 Å². The minimum absolute atomic E-state index is 0.343. The Bertz CT molecular complexity index is 345. The highest BCUT2D eigenvalue weighted by Crippen LogP contribution is 2.21. The Hall–Kier alpha value is -0.630. The third-order valence-corrected chi connectivity index (χ3v) is 5.07. The Labute approximate surface area is 130 Å². The molecule has 0 aromatic carbocycles. The Morgan fingerprint density at radius 1 is 1.29 bits per heavy atom. The van der Waals surface area contributed by atoms with Crippen LogP contribution in [-0.4, -0.2) is 60.6 Å². The monoisotopic (exact) mass is 292 g/mol. The molecule has 2 atom stereocenters. The molecule has 1 N–H and O–H groups in total. The third kappa shape index (κ3) is 4.95. The fourth-order valence-corrected chi connectivity index (χ4v) is 3.66. The van der Waals surface area contributed by atoms with Gasteiger partial charge in [-0.1, -0.05) is 6.92 Å². The topological polar surface area (TPSA) is 42.3 Å². The van der Waals surface area contributed by atoms with Gasteiger partial charge in [-0.25, -0.2) is 0 Å².